The van der Waals surface area contributed by atoms with Crippen LogP contribution in [0, 0.1) is 0 Å². The van der Waals surface area contributed by atoms with Crippen LogP contribution in [0.3, 0.4) is 0 Å². The monoisotopic (exact) mass is 404 g/mol. The number of carbonyl (C=O) groups excluding carboxylic acids is 1. The Morgan fingerprint density at radius 2 is 1.24 bits per heavy atom. The number of benzene rings is 1. The van der Waals surface area contributed by atoms with Gasteiger partial charge in [-0.3, -0.25) is 0 Å². The van der Waals surface area contributed by atoms with E-state index in [-0.39, 0.29) is 0 Å². The molecule has 0 heterocycles. The molecule has 0 bridgehead atoms. The molecule has 0 aliphatic heterocycles. The van der Waals surface area contributed by atoms with E-state index in [9.17, 15) is 9.90 Å². The summed E-state index contributed by atoms with van der Waals surface area (Å²) in [6, 6.07) is 9.30. The van der Waals surface area contributed by atoms with Crippen molar-refractivity contribution < 1.29 is 14.6 Å². The standard InChI is InChI=1S/C26H44O3/c1-3-5-7-9-11-13-18-22-26(28,24-20-16-15-17-21-24)25(27)29-23-19-14-12-10-8-6-4-2/h15-17,20-21,28H,3-14,18-19,22-23H2,1-2H3. The Kier molecular flexibility index (Phi) is 14.6. The van der Waals surface area contributed by atoms with Crippen LogP contribution in [0.25, 0.3) is 0 Å². The van der Waals surface area contributed by atoms with Crippen LogP contribution in [0.2, 0.25) is 0 Å². The highest BCUT2D eigenvalue weighted by atomic mass is 16.5. The van der Waals surface area contributed by atoms with Crippen molar-refractivity contribution in [3.8, 4) is 0 Å². The van der Waals surface area contributed by atoms with Crippen LogP contribution in [0.4, 0.5) is 0 Å². The molecule has 3 heteroatoms. The second kappa shape index (κ2) is 16.4. The van der Waals surface area contributed by atoms with E-state index in [4.69, 9.17) is 4.74 Å². The summed E-state index contributed by atoms with van der Waals surface area (Å²) < 4.78 is 5.51. The third kappa shape index (κ3) is 10.8. The maximum atomic E-state index is 12.8. The van der Waals surface area contributed by atoms with Crippen molar-refractivity contribution in [3.63, 3.8) is 0 Å². The van der Waals surface area contributed by atoms with Gasteiger partial charge in [0.25, 0.3) is 0 Å². The van der Waals surface area contributed by atoms with Gasteiger partial charge in [-0.05, 0) is 24.8 Å². The first-order valence-corrected chi connectivity index (χ1v) is 12.1. The number of ether oxygens (including phenoxy) is 1. The van der Waals surface area contributed by atoms with Crippen molar-refractivity contribution in [2.75, 3.05) is 6.61 Å². The van der Waals surface area contributed by atoms with Crippen LogP contribution in [0.1, 0.15) is 116 Å². The summed E-state index contributed by atoms with van der Waals surface area (Å²) in [5, 5.41) is 11.2. The van der Waals surface area contributed by atoms with E-state index in [2.05, 4.69) is 13.8 Å². The fraction of sp³-hybridized carbons (Fsp3) is 0.731. The molecule has 0 spiro atoms. The number of esters is 1. The van der Waals surface area contributed by atoms with E-state index in [1.54, 1.807) is 0 Å². The highest BCUT2D eigenvalue weighted by Crippen LogP contribution is 2.29. The fourth-order valence-electron chi connectivity index (χ4n) is 3.76. The minimum Gasteiger partial charge on any atom is -0.463 e. The van der Waals surface area contributed by atoms with Gasteiger partial charge in [0.15, 0.2) is 5.60 Å². The Morgan fingerprint density at radius 1 is 0.759 bits per heavy atom. The predicted molar refractivity (Wildman–Crippen MR) is 122 cm³/mol. The van der Waals surface area contributed by atoms with Crippen molar-refractivity contribution in [1.82, 2.24) is 0 Å². The summed E-state index contributed by atoms with van der Waals surface area (Å²) in [6.07, 6.45) is 16.8. The Hall–Kier alpha value is -1.35. The maximum absolute atomic E-state index is 12.8. The highest BCUT2D eigenvalue weighted by Gasteiger charge is 2.38. The molecule has 0 fully saturated rings. The van der Waals surface area contributed by atoms with E-state index in [0.717, 1.165) is 32.1 Å². The third-order valence-corrected chi connectivity index (χ3v) is 5.71. The summed E-state index contributed by atoms with van der Waals surface area (Å²) in [7, 11) is 0. The molecule has 1 aromatic rings. The lowest BCUT2D eigenvalue weighted by Gasteiger charge is -2.26. The molecule has 0 radical (unpaired) electrons. The quantitative estimate of drug-likeness (QED) is 0.206. The van der Waals surface area contributed by atoms with E-state index < -0.39 is 11.6 Å². The molecule has 0 aliphatic carbocycles. The number of aliphatic hydroxyl groups is 1. The summed E-state index contributed by atoms with van der Waals surface area (Å²) >= 11 is 0. The molecule has 29 heavy (non-hydrogen) atoms. The summed E-state index contributed by atoms with van der Waals surface area (Å²) in [6.45, 7) is 4.84. The molecule has 1 N–H and O–H groups in total. The molecule has 1 rings (SSSR count). The number of unbranched alkanes of at least 4 members (excludes halogenated alkanes) is 12. The van der Waals surface area contributed by atoms with Gasteiger partial charge in [-0.1, -0.05) is 121 Å². The summed E-state index contributed by atoms with van der Waals surface area (Å²) in [4.78, 5) is 12.8. The van der Waals surface area contributed by atoms with E-state index >= 15 is 0 Å². The van der Waals surface area contributed by atoms with Crippen LogP contribution in [0.5, 0.6) is 0 Å². The van der Waals surface area contributed by atoms with Crippen molar-refractivity contribution in [2.45, 2.75) is 116 Å². The zero-order valence-corrected chi connectivity index (χ0v) is 19.0. The number of hydrogen-bond donors (Lipinski definition) is 1. The Labute approximate surface area is 179 Å². The van der Waals surface area contributed by atoms with Gasteiger partial charge in [0.2, 0.25) is 0 Å². The average molecular weight is 405 g/mol. The minimum atomic E-state index is -1.52. The van der Waals surface area contributed by atoms with Gasteiger partial charge >= 0.3 is 5.97 Å². The second-order valence-corrected chi connectivity index (χ2v) is 8.35. The van der Waals surface area contributed by atoms with Gasteiger partial charge in [-0.2, -0.15) is 0 Å². The normalized spacial score (nSPS) is 13.2. The average Bonchev–Trinajstić information content (AvgIpc) is 2.75. The molecule has 0 saturated carbocycles. The van der Waals surface area contributed by atoms with Crippen LogP contribution in [-0.4, -0.2) is 17.7 Å². The van der Waals surface area contributed by atoms with Crippen molar-refractivity contribution in [1.29, 1.82) is 0 Å². The fourth-order valence-corrected chi connectivity index (χ4v) is 3.76. The molecule has 0 amide bonds. The first kappa shape index (κ1) is 25.7. The van der Waals surface area contributed by atoms with Crippen molar-refractivity contribution in [2.24, 2.45) is 0 Å². The lowest BCUT2D eigenvalue weighted by molar-refractivity contribution is -0.168. The molecular formula is C26H44O3. The van der Waals surface area contributed by atoms with Gasteiger partial charge in [0.1, 0.15) is 0 Å². The summed E-state index contributed by atoms with van der Waals surface area (Å²) in [5.74, 6) is -0.485. The second-order valence-electron chi connectivity index (χ2n) is 8.35. The maximum Gasteiger partial charge on any atom is 0.342 e. The molecule has 0 saturated heterocycles. The first-order valence-electron chi connectivity index (χ1n) is 12.1. The van der Waals surface area contributed by atoms with E-state index in [1.165, 1.54) is 57.8 Å². The summed E-state index contributed by atoms with van der Waals surface area (Å²) in [5.41, 5.74) is -0.873. The molecule has 166 valence electrons. The lowest BCUT2D eigenvalue weighted by atomic mass is 9.88. The van der Waals surface area contributed by atoms with Crippen LogP contribution in [0.15, 0.2) is 30.3 Å². The number of carbonyl (C=O) groups is 1. The Balaban J connectivity index is 2.42. The first-order chi connectivity index (χ1) is 14.1. The van der Waals surface area contributed by atoms with Crippen LogP contribution < -0.4 is 0 Å². The molecule has 0 aromatic heterocycles. The SMILES string of the molecule is CCCCCCCCCOC(=O)C(O)(CCCCCCCCC)c1ccccc1. The van der Waals surface area contributed by atoms with Gasteiger partial charge in [0.05, 0.1) is 6.61 Å². The minimum absolute atomic E-state index is 0.402. The zero-order chi connectivity index (χ0) is 21.2. The van der Waals surface area contributed by atoms with Gasteiger partial charge < -0.3 is 9.84 Å². The van der Waals surface area contributed by atoms with Gasteiger partial charge in [-0.15, -0.1) is 0 Å². The Bertz CT molecular complexity index is 514. The topological polar surface area (TPSA) is 46.5 Å². The third-order valence-electron chi connectivity index (χ3n) is 5.71. The largest absolute Gasteiger partial charge is 0.463 e. The predicted octanol–water partition coefficient (Wildman–Crippen LogP) is 7.31. The Morgan fingerprint density at radius 3 is 1.79 bits per heavy atom. The number of hydrogen-bond acceptors (Lipinski definition) is 3. The molecule has 1 atom stereocenters. The lowest BCUT2D eigenvalue weighted by Crippen LogP contribution is -2.37. The molecule has 1 unspecified atom stereocenters. The van der Waals surface area contributed by atoms with Crippen LogP contribution >= 0.6 is 0 Å². The van der Waals surface area contributed by atoms with E-state index in [1.807, 2.05) is 30.3 Å². The molecule has 1 aromatic carbocycles. The van der Waals surface area contributed by atoms with E-state index in [0.29, 0.717) is 18.6 Å². The van der Waals surface area contributed by atoms with Crippen molar-refractivity contribution >= 4 is 5.97 Å². The molecular weight excluding hydrogens is 360 g/mol. The van der Waals surface area contributed by atoms with Gasteiger partial charge in [-0.25, -0.2) is 4.79 Å². The number of rotatable bonds is 18. The molecule has 3 nitrogen and oxygen atoms in total. The highest BCUT2D eigenvalue weighted by molar-refractivity contribution is 5.81. The molecule has 0 aliphatic rings. The van der Waals surface area contributed by atoms with Gasteiger partial charge in [0, 0.05) is 0 Å². The van der Waals surface area contributed by atoms with Crippen molar-refractivity contribution in [3.05, 3.63) is 35.9 Å². The van der Waals surface area contributed by atoms with Crippen LogP contribution in [-0.2, 0) is 15.1 Å². The zero-order valence-electron chi connectivity index (χ0n) is 19.0. The smallest absolute Gasteiger partial charge is 0.342 e.